The number of aryl methyl sites for hydroxylation is 1. The van der Waals surface area contributed by atoms with Crippen LogP contribution in [-0.4, -0.2) is 8.76 Å². The Morgan fingerprint density at radius 2 is 2.08 bits per heavy atom. The molecule has 60 valence electrons. The van der Waals surface area contributed by atoms with Crippen molar-refractivity contribution in [2.45, 2.75) is 11.8 Å². The Hall–Kier alpha value is 1.26. The van der Waals surface area contributed by atoms with Gasteiger partial charge in [0.15, 0.2) is 0 Å². The van der Waals surface area contributed by atoms with Crippen LogP contribution < -0.4 is 51.4 Å². The Bertz CT molecular complexity index is 303. The van der Waals surface area contributed by atoms with Gasteiger partial charge in [0, 0.05) is 9.92 Å². The Morgan fingerprint density at radius 3 is 2.50 bits per heavy atom. The number of hydrogen-bond acceptors (Lipinski definition) is 2. The number of halogens is 1. The van der Waals surface area contributed by atoms with Crippen LogP contribution in [0.3, 0.4) is 0 Å². The predicted molar refractivity (Wildman–Crippen MR) is 43.4 cm³/mol. The van der Waals surface area contributed by atoms with E-state index < -0.39 is 11.1 Å². The van der Waals surface area contributed by atoms with Crippen molar-refractivity contribution >= 4 is 22.7 Å². The van der Waals surface area contributed by atoms with Gasteiger partial charge in [-0.1, -0.05) is 17.7 Å². The van der Waals surface area contributed by atoms with E-state index in [0.717, 1.165) is 0 Å². The van der Waals surface area contributed by atoms with Gasteiger partial charge < -0.3 is 4.55 Å². The molecule has 0 bridgehead atoms. The zero-order valence-electron chi connectivity index (χ0n) is 6.83. The average molecular weight is 229 g/mol. The molecule has 1 aromatic rings. The van der Waals surface area contributed by atoms with Crippen molar-refractivity contribution in [1.82, 2.24) is 0 Å². The van der Waals surface area contributed by atoms with Gasteiger partial charge in [0.2, 0.25) is 0 Å². The summed E-state index contributed by atoms with van der Waals surface area (Å²) in [6, 6.07) is 4.76. The minimum absolute atomic E-state index is 0. The summed E-state index contributed by atoms with van der Waals surface area (Å²) in [5.74, 6) is 0. The summed E-state index contributed by atoms with van der Waals surface area (Å²) < 4.78 is 21.0. The van der Waals surface area contributed by atoms with E-state index >= 15 is 0 Å². The molecule has 2 nitrogen and oxygen atoms in total. The zero-order chi connectivity index (χ0) is 8.43. The molecule has 0 aliphatic rings. The van der Waals surface area contributed by atoms with Crippen molar-refractivity contribution in [2.24, 2.45) is 0 Å². The average Bonchev–Trinajstić information content (AvgIpc) is 1.94. The van der Waals surface area contributed by atoms with Crippen molar-refractivity contribution in [2.75, 3.05) is 0 Å². The van der Waals surface area contributed by atoms with Gasteiger partial charge >= 0.3 is 51.4 Å². The molecular formula is C7H6ClKO2S. The maximum Gasteiger partial charge on any atom is 1.00 e. The molecule has 0 aromatic heterocycles. The van der Waals surface area contributed by atoms with E-state index in [1.54, 1.807) is 19.1 Å². The van der Waals surface area contributed by atoms with Crippen molar-refractivity contribution in [3.8, 4) is 0 Å². The van der Waals surface area contributed by atoms with Crippen LogP contribution in [0.25, 0.3) is 0 Å². The molecule has 0 saturated carbocycles. The van der Waals surface area contributed by atoms with Gasteiger partial charge in [0.05, 0.1) is 0 Å². The van der Waals surface area contributed by atoms with Gasteiger partial charge in [0.25, 0.3) is 0 Å². The Morgan fingerprint density at radius 1 is 1.50 bits per heavy atom. The summed E-state index contributed by atoms with van der Waals surface area (Å²) in [7, 11) is 0. The second-order valence-electron chi connectivity index (χ2n) is 2.14. The largest absolute Gasteiger partial charge is 1.00 e. The molecule has 0 amide bonds. The van der Waals surface area contributed by atoms with Gasteiger partial charge in [-0.25, -0.2) is 0 Å². The van der Waals surface area contributed by atoms with E-state index in [1.165, 1.54) is 6.07 Å². The van der Waals surface area contributed by atoms with Gasteiger partial charge in [-0.05, 0) is 35.7 Å². The van der Waals surface area contributed by atoms with Crippen molar-refractivity contribution in [1.29, 1.82) is 0 Å². The molecule has 0 radical (unpaired) electrons. The first-order chi connectivity index (χ1) is 5.11. The second kappa shape index (κ2) is 5.88. The molecule has 0 N–H and O–H groups in total. The third-order valence-electron chi connectivity index (χ3n) is 1.33. The van der Waals surface area contributed by atoms with Crippen LogP contribution in [0.1, 0.15) is 5.56 Å². The van der Waals surface area contributed by atoms with Crippen LogP contribution in [0, 0.1) is 6.92 Å². The molecule has 0 spiro atoms. The van der Waals surface area contributed by atoms with E-state index in [4.69, 9.17) is 11.6 Å². The predicted octanol–water partition coefficient (Wildman–Crippen LogP) is -1.11. The standard InChI is InChI=1S/C7H7ClO2S.K/c1-5-2-3-6(8)4-7(5)11(9)10;/h2-4H,1H3,(H,9,10);/q;+1/p-1. The van der Waals surface area contributed by atoms with Gasteiger partial charge in [-0.2, -0.15) is 0 Å². The van der Waals surface area contributed by atoms with E-state index in [2.05, 4.69) is 0 Å². The van der Waals surface area contributed by atoms with E-state index in [-0.39, 0.29) is 56.3 Å². The summed E-state index contributed by atoms with van der Waals surface area (Å²) in [6.07, 6.45) is 0. The minimum Gasteiger partial charge on any atom is -0.768 e. The molecule has 0 fully saturated rings. The van der Waals surface area contributed by atoms with Crippen molar-refractivity contribution in [3.05, 3.63) is 28.8 Å². The molecule has 1 atom stereocenters. The molecule has 0 saturated heterocycles. The van der Waals surface area contributed by atoms with Gasteiger partial charge in [-0.3, -0.25) is 4.21 Å². The quantitative estimate of drug-likeness (QED) is 0.452. The van der Waals surface area contributed by atoms with Crippen LogP contribution in [0.15, 0.2) is 23.1 Å². The Balaban J connectivity index is 0.00000121. The fourth-order valence-corrected chi connectivity index (χ4v) is 1.54. The molecule has 0 heterocycles. The van der Waals surface area contributed by atoms with Gasteiger partial charge in [-0.15, -0.1) is 0 Å². The first-order valence-corrected chi connectivity index (χ1v) is 4.42. The van der Waals surface area contributed by atoms with E-state index in [1.807, 2.05) is 0 Å². The fourth-order valence-electron chi connectivity index (χ4n) is 0.753. The second-order valence-corrected chi connectivity index (χ2v) is 3.49. The molecular weight excluding hydrogens is 223 g/mol. The number of hydrogen-bond donors (Lipinski definition) is 0. The summed E-state index contributed by atoms with van der Waals surface area (Å²) in [5.41, 5.74) is 0.711. The molecule has 0 aliphatic carbocycles. The van der Waals surface area contributed by atoms with Crippen LogP contribution >= 0.6 is 11.6 Å². The molecule has 12 heavy (non-hydrogen) atoms. The first-order valence-electron chi connectivity index (χ1n) is 2.96. The summed E-state index contributed by atoms with van der Waals surface area (Å²) in [6.45, 7) is 1.72. The normalized spacial score (nSPS) is 11.9. The van der Waals surface area contributed by atoms with E-state index in [9.17, 15) is 8.76 Å². The van der Waals surface area contributed by atoms with Crippen LogP contribution in [-0.2, 0) is 11.1 Å². The SMILES string of the molecule is Cc1ccc(Cl)cc1S(=O)[O-].[K+]. The molecule has 1 unspecified atom stereocenters. The maximum atomic E-state index is 10.5. The third-order valence-corrected chi connectivity index (χ3v) is 2.36. The van der Waals surface area contributed by atoms with Crippen LogP contribution in [0.4, 0.5) is 0 Å². The Kier molecular flexibility index (Phi) is 6.49. The summed E-state index contributed by atoms with van der Waals surface area (Å²) in [4.78, 5) is 0.262. The molecule has 5 heteroatoms. The minimum atomic E-state index is -2.19. The van der Waals surface area contributed by atoms with Crippen LogP contribution in [0.5, 0.6) is 0 Å². The summed E-state index contributed by atoms with van der Waals surface area (Å²) in [5, 5.41) is 0.440. The topological polar surface area (TPSA) is 40.1 Å². The monoisotopic (exact) mass is 228 g/mol. The zero-order valence-corrected chi connectivity index (χ0v) is 11.5. The van der Waals surface area contributed by atoms with Crippen LogP contribution in [0.2, 0.25) is 5.02 Å². The van der Waals surface area contributed by atoms with E-state index in [0.29, 0.717) is 10.6 Å². The van der Waals surface area contributed by atoms with Gasteiger partial charge in [0.1, 0.15) is 0 Å². The number of benzene rings is 1. The van der Waals surface area contributed by atoms with Crippen molar-refractivity contribution < 1.29 is 60.1 Å². The molecule has 1 rings (SSSR count). The maximum absolute atomic E-state index is 10.5. The fraction of sp³-hybridized carbons (Fsp3) is 0.143. The first kappa shape index (κ1) is 13.3. The smallest absolute Gasteiger partial charge is 0.768 e. The third kappa shape index (κ3) is 3.55. The summed E-state index contributed by atoms with van der Waals surface area (Å²) >= 11 is 3.40. The molecule has 0 aliphatic heterocycles. The number of rotatable bonds is 1. The molecule has 1 aromatic carbocycles. The van der Waals surface area contributed by atoms with Crippen molar-refractivity contribution in [3.63, 3.8) is 0 Å². The Labute approximate surface area is 121 Å².